The summed E-state index contributed by atoms with van der Waals surface area (Å²) in [7, 11) is 1.79. The summed E-state index contributed by atoms with van der Waals surface area (Å²) in [6, 6.07) is 10.6. The second-order valence-corrected chi connectivity index (χ2v) is 7.12. The lowest BCUT2D eigenvalue weighted by atomic mass is 10.0. The zero-order valence-corrected chi connectivity index (χ0v) is 16.1. The molecule has 6 nitrogen and oxygen atoms in total. The van der Waals surface area contributed by atoms with Crippen molar-refractivity contribution in [2.75, 3.05) is 26.7 Å². The summed E-state index contributed by atoms with van der Waals surface area (Å²) < 4.78 is 0. The van der Waals surface area contributed by atoms with Crippen LogP contribution in [0.25, 0.3) is 0 Å². The quantitative estimate of drug-likeness (QED) is 0.851. The number of benzene rings is 1. The van der Waals surface area contributed by atoms with Crippen molar-refractivity contribution in [1.29, 1.82) is 0 Å². The van der Waals surface area contributed by atoms with Gasteiger partial charge in [0.15, 0.2) is 0 Å². The molecule has 1 aliphatic heterocycles. The SMILES string of the molecule is CN(Cc1cnccn1)C(=O)NC[C@H](c1ccccc1)N1CCCCCC1. The Kier molecular flexibility index (Phi) is 7.16. The van der Waals surface area contributed by atoms with Crippen LogP contribution in [0.5, 0.6) is 0 Å². The van der Waals surface area contributed by atoms with E-state index in [1.165, 1.54) is 31.2 Å². The number of nitrogens with one attached hydrogen (secondary N) is 1. The molecule has 144 valence electrons. The van der Waals surface area contributed by atoms with E-state index >= 15 is 0 Å². The van der Waals surface area contributed by atoms with Crippen molar-refractivity contribution >= 4 is 6.03 Å². The topological polar surface area (TPSA) is 61.4 Å². The Morgan fingerprint density at radius 1 is 1.15 bits per heavy atom. The third kappa shape index (κ3) is 5.76. The highest BCUT2D eigenvalue weighted by atomic mass is 16.2. The van der Waals surface area contributed by atoms with E-state index in [0.717, 1.165) is 18.8 Å². The lowest BCUT2D eigenvalue weighted by Gasteiger charge is -2.32. The molecule has 0 spiro atoms. The van der Waals surface area contributed by atoms with Crippen LogP contribution in [0.1, 0.15) is 43.0 Å². The number of carbonyl (C=O) groups excluding carboxylic acids is 1. The molecule has 2 heterocycles. The number of aromatic nitrogens is 2. The molecule has 3 rings (SSSR count). The first kappa shape index (κ1) is 19.3. The number of urea groups is 1. The molecule has 2 amide bonds. The fourth-order valence-electron chi connectivity index (χ4n) is 3.59. The summed E-state index contributed by atoms with van der Waals surface area (Å²) in [5.41, 5.74) is 2.04. The van der Waals surface area contributed by atoms with Crippen LogP contribution in [0.15, 0.2) is 48.9 Å². The van der Waals surface area contributed by atoms with Gasteiger partial charge in [0.25, 0.3) is 0 Å². The zero-order chi connectivity index (χ0) is 18.9. The minimum Gasteiger partial charge on any atom is -0.336 e. The van der Waals surface area contributed by atoms with Gasteiger partial charge in [-0.2, -0.15) is 0 Å². The summed E-state index contributed by atoms with van der Waals surface area (Å²) in [4.78, 5) is 25.0. The molecule has 0 unspecified atom stereocenters. The molecule has 1 fully saturated rings. The Morgan fingerprint density at radius 2 is 1.89 bits per heavy atom. The Balaban J connectivity index is 1.62. The van der Waals surface area contributed by atoms with Gasteiger partial charge in [0.1, 0.15) is 0 Å². The average molecular weight is 367 g/mol. The van der Waals surface area contributed by atoms with Gasteiger partial charge in [0, 0.05) is 26.0 Å². The summed E-state index contributed by atoms with van der Waals surface area (Å²) in [6.45, 7) is 3.22. The molecular formula is C21H29N5O. The van der Waals surface area contributed by atoms with Gasteiger partial charge >= 0.3 is 6.03 Å². The molecular weight excluding hydrogens is 338 g/mol. The number of hydrogen-bond donors (Lipinski definition) is 1. The average Bonchev–Trinajstić information content (AvgIpc) is 2.99. The first-order valence-electron chi connectivity index (χ1n) is 9.77. The molecule has 1 N–H and O–H groups in total. The molecule has 2 aromatic rings. The number of rotatable bonds is 6. The van der Waals surface area contributed by atoms with Gasteiger partial charge in [0.05, 0.1) is 24.5 Å². The summed E-state index contributed by atoms with van der Waals surface area (Å²) in [5, 5.41) is 3.12. The monoisotopic (exact) mass is 367 g/mol. The van der Waals surface area contributed by atoms with Crippen LogP contribution in [0, 0.1) is 0 Å². The minimum absolute atomic E-state index is 0.0867. The van der Waals surface area contributed by atoms with Gasteiger partial charge in [-0.3, -0.25) is 14.9 Å². The maximum Gasteiger partial charge on any atom is 0.317 e. The first-order valence-corrected chi connectivity index (χ1v) is 9.77. The number of likely N-dealkylation sites (tertiary alicyclic amines) is 1. The maximum atomic E-state index is 12.6. The highest BCUT2D eigenvalue weighted by Crippen LogP contribution is 2.23. The Labute approximate surface area is 161 Å². The predicted molar refractivity (Wildman–Crippen MR) is 106 cm³/mol. The van der Waals surface area contributed by atoms with E-state index in [-0.39, 0.29) is 12.1 Å². The summed E-state index contributed by atoms with van der Waals surface area (Å²) in [6.07, 6.45) is 10.0. The summed E-state index contributed by atoms with van der Waals surface area (Å²) in [5.74, 6) is 0. The molecule has 0 bridgehead atoms. The molecule has 6 heteroatoms. The van der Waals surface area contributed by atoms with Gasteiger partial charge in [-0.25, -0.2) is 4.79 Å². The fraction of sp³-hybridized carbons (Fsp3) is 0.476. The van der Waals surface area contributed by atoms with Crippen LogP contribution >= 0.6 is 0 Å². The van der Waals surface area contributed by atoms with E-state index in [1.54, 1.807) is 30.5 Å². The van der Waals surface area contributed by atoms with Gasteiger partial charge in [-0.05, 0) is 31.5 Å². The summed E-state index contributed by atoms with van der Waals surface area (Å²) >= 11 is 0. The molecule has 1 atom stereocenters. The fourth-order valence-corrected chi connectivity index (χ4v) is 3.59. The van der Waals surface area contributed by atoms with Gasteiger partial charge in [-0.1, -0.05) is 43.2 Å². The van der Waals surface area contributed by atoms with Crippen LogP contribution < -0.4 is 5.32 Å². The van der Waals surface area contributed by atoms with Crippen LogP contribution in [-0.4, -0.2) is 52.5 Å². The van der Waals surface area contributed by atoms with Crippen LogP contribution in [0.4, 0.5) is 4.79 Å². The first-order chi connectivity index (χ1) is 13.2. The van der Waals surface area contributed by atoms with Gasteiger partial charge in [-0.15, -0.1) is 0 Å². The molecule has 27 heavy (non-hydrogen) atoms. The van der Waals surface area contributed by atoms with Crippen molar-refractivity contribution in [3.63, 3.8) is 0 Å². The Morgan fingerprint density at radius 3 is 2.56 bits per heavy atom. The van der Waals surface area contributed by atoms with E-state index in [4.69, 9.17) is 0 Å². The van der Waals surface area contributed by atoms with Crippen LogP contribution in [-0.2, 0) is 6.54 Å². The predicted octanol–water partition coefficient (Wildman–Crippen LogP) is 3.24. The van der Waals surface area contributed by atoms with E-state index in [0.29, 0.717) is 13.1 Å². The largest absolute Gasteiger partial charge is 0.336 e. The Bertz CT molecular complexity index is 686. The second kappa shape index (κ2) is 10.0. The third-order valence-corrected chi connectivity index (χ3v) is 5.07. The lowest BCUT2D eigenvalue weighted by Crippen LogP contribution is -2.43. The second-order valence-electron chi connectivity index (χ2n) is 7.12. The normalized spacial score (nSPS) is 16.3. The standard InChI is InChI=1S/C21H29N5O/c1-25(17-19-15-22-11-12-23-19)21(27)24-16-20(18-9-5-4-6-10-18)26-13-7-2-3-8-14-26/h4-6,9-12,15,20H,2-3,7-8,13-14,16-17H2,1H3,(H,24,27)/t20-/m1/s1. The van der Waals surface area contributed by atoms with E-state index < -0.39 is 0 Å². The molecule has 1 aliphatic rings. The van der Waals surface area contributed by atoms with Crippen LogP contribution in [0.3, 0.4) is 0 Å². The van der Waals surface area contributed by atoms with Crippen LogP contribution in [0.2, 0.25) is 0 Å². The van der Waals surface area contributed by atoms with Crippen molar-refractivity contribution in [3.8, 4) is 0 Å². The van der Waals surface area contributed by atoms with Crippen molar-refractivity contribution in [2.45, 2.75) is 38.3 Å². The number of nitrogens with zero attached hydrogens (tertiary/aromatic N) is 4. The zero-order valence-electron chi connectivity index (χ0n) is 16.1. The Hall–Kier alpha value is -2.47. The van der Waals surface area contributed by atoms with E-state index in [1.807, 2.05) is 6.07 Å². The number of amides is 2. The number of hydrogen-bond acceptors (Lipinski definition) is 4. The van der Waals surface area contributed by atoms with Crippen molar-refractivity contribution in [1.82, 2.24) is 25.1 Å². The molecule has 0 saturated carbocycles. The molecule has 1 saturated heterocycles. The number of carbonyl (C=O) groups is 1. The molecule has 0 aliphatic carbocycles. The highest BCUT2D eigenvalue weighted by molar-refractivity contribution is 5.73. The maximum absolute atomic E-state index is 12.6. The molecule has 1 aromatic carbocycles. The smallest absolute Gasteiger partial charge is 0.317 e. The van der Waals surface area contributed by atoms with E-state index in [9.17, 15) is 4.79 Å². The lowest BCUT2D eigenvalue weighted by molar-refractivity contribution is 0.183. The molecule has 0 radical (unpaired) electrons. The highest BCUT2D eigenvalue weighted by Gasteiger charge is 2.22. The van der Waals surface area contributed by atoms with Crippen molar-refractivity contribution in [2.24, 2.45) is 0 Å². The minimum atomic E-state index is -0.0867. The van der Waals surface area contributed by atoms with Crippen molar-refractivity contribution < 1.29 is 4.79 Å². The third-order valence-electron chi connectivity index (χ3n) is 5.07. The van der Waals surface area contributed by atoms with Gasteiger partial charge in [0.2, 0.25) is 0 Å². The van der Waals surface area contributed by atoms with Crippen molar-refractivity contribution in [3.05, 3.63) is 60.2 Å². The van der Waals surface area contributed by atoms with Gasteiger partial charge < -0.3 is 10.2 Å². The molecule has 1 aromatic heterocycles. The van der Waals surface area contributed by atoms with E-state index in [2.05, 4.69) is 44.5 Å².